The maximum absolute atomic E-state index is 12.4. The first kappa shape index (κ1) is 16.4. The summed E-state index contributed by atoms with van der Waals surface area (Å²) in [6, 6.07) is 14.6. The second kappa shape index (κ2) is 7.07. The van der Waals surface area contributed by atoms with Gasteiger partial charge in [0.25, 0.3) is 5.91 Å². The highest BCUT2D eigenvalue weighted by Crippen LogP contribution is 2.31. The van der Waals surface area contributed by atoms with Crippen molar-refractivity contribution in [1.29, 1.82) is 0 Å². The Morgan fingerprint density at radius 3 is 2.65 bits per heavy atom. The van der Waals surface area contributed by atoms with Crippen LogP contribution in [0.3, 0.4) is 0 Å². The number of ether oxygens (including phenoxy) is 1. The summed E-state index contributed by atoms with van der Waals surface area (Å²) in [5.41, 5.74) is 2.11. The summed E-state index contributed by atoms with van der Waals surface area (Å²) in [7, 11) is 0. The summed E-state index contributed by atoms with van der Waals surface area (Å²) >= 11 is 0. The molecular weight excluding hydrogens is 330 g/mol. The Bertz CT molecular complexity index is 833. The van der Waals surface area contributed by atoms with Crippen LogP contribution >= 0.6 is 0 Å². The predicted octanol–water partition coefficient (Wildman–Crippen LogP) is 3.22. The summed E-state index contributed by atoms with van der Waals surface area (Å²) in [6.07, 6.45) is 2.80. The largest absolute Gasteiger partial charge is 0.493 e. The summed E-state index contributed by atoms with van der Waals surface area (Å²) < 4.78 is 5.62. The zero-order valence-electron chi connectivity index (χ0n) is 14.3. The number of urea groups is 1. The molecule has 3 N–H and O–H groups in total. The van der Waals surface area contributed by atoms with Crippen LogP contribution in [0.5, 0.6) is 5.75 Å². The highest BCUT2D eigenvalue weighted by molar-refractivity contribution is 5.97. The third-order valence-electron chi connectivity index (χ3n) is 4.56. The van der Waals surface area contributed by atoms with Gasteiger partial charge >= 0.3 is 6.03 Å². The van der Waals surface area contributed by atoms with Crippen molar-refractivity contribution in [3.63, 3.8) is 0 Å². The summed E-state index contributed by atoms with van der Waals surface area (Å²) in [6.45, 7) is 0.568. The molecule has 26 heavy (non-hydrogen) atoms. The number of carbonyl (C=O) groups is 2. The van der Waals surface area contributed by atoms with Crippen molar-refractivity contribution in [2.45, 2.75) is 31.3 Å². The molecular formula is C20H21N3O3. The molecule has 1 atom stereocenters. The number of para-hydroxylation sites is 1. The van der Waals surface area contributed by atoms with Crippen LogP contribution in [0.2, 0.25) is 0 Å². The molecule has 0 aromatic heterocycles. The summed E-state index contributed by atoms with van der Waals surface area (Å²) in [4.78, 5) is 24.5. The quantitative estimate of drug-likeness (QED) is 0.791. The Morgan fingerprint density at radius 2 is 1.81 bits per heavy atom. The van der Waals surface area contributed by atoms with Gasteiger partial charge in [-0.2, -0.15) is 0 Å². The molecule has 0 radical (unpaired) electrons. The lowest BCUT2D eigenvalue weighted by molar-refractivity contribution is 0.0951. The number of hydrogen-bond acceptors (Lipinski definition) is 3. The van der Waals surface area contributed by atoms with Gasteiger partial charge in [-0.1, -0.05) is 24.3 Å². The zero-order valence-corrected chi connectivity index (χ0v) is 14.3. The van der Waals surface area contributed by atoms with Gasteiger partial charge in [-0.3, -0.25) is 4.79 Å². The van der Waals surface area contributed by atoms with Gasteiger partial charge in [0.05, 0.1) is 12.6 Å². The summed E-state index contributed by atoms with van der Waals surface area (Å²) in [5, 5.41) is 8.74. The Labute approximate surface area is 151 Å². The number of rotatable bonds is 4. The molecule has 6 nitrogen and oxygen atoms in total. The van der Waals surface area contributed by atoms with Crippen LogP contribution in [0.25, 0.3) is 0 Å². The summed E-state index contributed by atoms with van der Waals surface area (Å²) in [5.74, 6) is 0.706. The average Bonchev–Trinajstić information content (AvgIpc) is 3.46. The van der Waals surface area contributed by atoms with Gasteiger partial charge in [-0.15, -0.1) is 0 Å². The van der Waals surface area contributed by atoms with Crippen molar-refractivity contribution in [1.82, 2.24) is 10.6 Å². The number of anilines is 1. The van der Waals surface area contributed by atoms with Gasteiger partial charge in [0.1, 0.15) is 5.75 Å². The Kier molecular flexibility index (Phi) is 4.48. The minimum Gasteiger partial charge on any atom is -0.493 e. The molecule has 1 saturated carbocycles. The van der Waals surface area contributed by atoms with E-state index in [2.05, 4.69) is 16.0 Å². The van der Waals surface area contributed by atoms with Crippen LogP contribution in [-0.4, -0.2) is 24.6 Å². The number of benzene rings is 2. The van der Waals surface area contributed by atoms with Gasteiger partial charge in [-0.25, -0.2) is 4.79 Å². The van der Waals surface area contributed by atoms with Crippen molar-refractivity contribution in [2.75, 3.05) is 11.9 Å². The Morgan fingerprint density at radius 1 is 0.962 bits per heavy atom. The molecule has 1 heterocycles. The minimum absolute atomic E-state index is 0.0960. The highest BCUT2D eigenvalue weighted by atomic mass is 16.5. The fourth-order valence-corrected chi connectivity index (χ4v) is 3.05. The van der Waals surface area contributed by atoms with Crippen LogP contribution in [0.15, 0.2) is 48.5 Å². The zero-order chi connectivity index (χ0) is 17.9. The lowest BCUT2D eigenvalue weighted by Gasteiger charge is -2.26. The molecule has 134 valence electrons. The van der Waals surface area contributed by atoms with Crippen LogP contribution in [0.4, 0.5) is 10.5 Å². The maximum atomic E-state index is 12.4. The minimum atomic E-state index is -0.300. The first-order valence-corrected chi connectivity index (χ1v) is 8.89. The monoisotopic (exact) mass is 351 g/mol. The molecule has 2 aromatic rings. The molecule has 2 aromatic carbocycles. The van der Waals surface area contributed by atoms with Gasteiger partial charge in [0.2, 0.25) is 0 Å². The smallest absolute Gasteiger partial charge is 0.319 e. The maximum Gasteiger partial charge on any atom is 0.319 e. The first-order valence-electron chi connectivity index (χ1n) is 8.89. The van der Waals surface area contributed by atoms with Crippen LogP contribution in [0.1, 0.15) is 41.2 Å². The van der Waals surface area contributed by atoms with Gasteiger partial charge in [0, 0.05) is 29.3 Å². The molecule has 1 fully saturated rings. The lowest BCUT2D eigenvalue weighted by atomic mass is 10.0. The molecule has 3 amide bonds. The fraction of sp³-hybridized carbons (Fsp3) is 0.300. The number of fused-ring (bicyclic) bond motifs is 1. The van der Waals surface area contributed by atoms with Crippen LogP contribution in [0, 0.1) is 0 Å². The molecule has 0 bridgehead atoms. The van der Waals surface area contributed by atoms with Crippen molar-refractivity contribution < 1.29 is 14.3 Å². The van der Waals surface area contributed by atoms with E-state index in [0.717, 1.165) is 24.2 Å². The van der Waals surface area contributed by atoms with Crippen molar-refractivity contribution in [2.24, 2.45) is 0 Å². The van der Waals surface area contributed by atoms with Gasteiger partial charge < -0.3 is 20.7 Å². The molecule has 2 aliphatic rings. The number of nitrogens with one attached hydrogen (secondary N) is 3. The van der Waals surface area contributed by atoms with E-state index in [1.165, 1.54) is 0 Å². The van der Waals surface area contributed by atoms with Gasteiger partial charge in [-0.05, 0) is 37.1 Å². The number of carbonyl (C=O) groups excluding carboxylic acids is 2. The third kappa shape index (κ3) is 3.79. The molecule has 0 saturated heterocycles. The second-order valence-electron chi connectivity index (χ2n) is 6.65. The van der Waals surface area contributed by atoms with Crippen LogP contribution in [-0.2, 0) is 0 Å². The van der Waals surface area contributed by atoms with E-state index in [9.17, 15) is 9.59 Å². The molecule has 1 aliphatic carbocycles. The first-order chi connectivity index (χ1) is 12.7. The van der Waals surface area contributed by atoms with Crippen molar-refractivity contribution in [3.05, 3.63) is 59.7 Å². The van der Waals surface area contributed by atoms with E-state index in [1.54, 1.807) is 24.3 Å². The molecule has 4 rings (SSSR count). The number of amides is 3. The molecule has 1 aliphatic heterocycles. The molecule has 0 spiro atoms. The van der Waals surface area contributed by atoms with E-state index in [4.69, 9.17) is 4.74 Å². The van der Waals surface area contributed by atoms with Crippen molar-refractivity contribution in [3.8, 4) is 5.75 Å². The van der Waals surface area contributed by atoms with Crippen LogP contribution < -0.4 is 20.7 Å². The highest BCUT2D eigenvalue weighted by Gasteiger charge is 2.24. The Hall–Kier alpha value is -3.02. The average molecular weight is 351 g/mol. The SMILES string of the molecule is O=C(Nc1cccc(C(=O)NC2CC2)c1)N[C@@H]1CCOc2ccccc21. The molecule has 6 heteroatoms. The van der Waals surface area contributed by atoms with E-state index in [-0.39, 0.29) is 18.0 Å². The van der Waals surface area contributed by atoms with E-state index < -0.39 is 0 Å². The third-order valence-corrected chi connectivity index (χ3v) is 4.56. The standard InChI is InChI=1S/C20H21N3O3/c24-19(21-14-8-9-14)13-4-3-5-15(12-13)22-20(25)23-17-10-11-26-18-7-2-1-6-16(17)18/h1-7,12,14,17H,8-11H2,(H,21,24)(H2,22,23,25)/t17-/m1/s1. The van der Waals surface area contributed by atoms with Crippen molar-refractivity contribution >= 4 is 17.6 Å². The van der Waals surface area contributed by atoms with E-state index >= 15 is 0 Å². The van der Waals surface area contributed by atoms with E-state index in [1.807, 2.05) is 24.3 Å². The van der Waals surface area contributed by atoms with E-state index in [0.29, 0.717) is 30.3 Å². The molecule has 0 unspecified atom stereocenters. The topological polar surface area (TPSA) is 79.5 Å². The predicted molar refractivity (Wildman–Crippen MR) is 98.4 cm³/mol. The van der Waals surface area contributed by atoms with Gasteiger partial charge in [0.15, 0.2) is 0 Å². The lowest BCUT2D eigenvalue weighted by Crippen LogP contribution is -2.35. The number of hydrogen-bond donors (Lipinski definition) is 3. The Balaban J connectivity index is 1.40. The second-order valence-corrected chi connectivity index (χ2v) is 6.65. The fourth-order valence-electron chi connectivity index (χ4n) is 3.05. The normalized spacial score (nSPS) is 18.2.